The molecule has 3 aromatic heterocycles. The Balaban J connectivity index is 1.16. The number of aromatic nitrogens is 3. The molecule has 0 saturated carbocycles. The van der Waals surface area contributed by atoms with Gasteiger partial charge in [0.15, 0.2) is 5.82 Å². The van der Waals surface area contributed by atoms with E-state index in [-0.39, 0.29) is 11.6 Å². The van der Waals surface area contributed by atoms with Crippen LogP contribution in [0.2, 0.25) is 0 Å². The van der Waals surface area contributed by atoms with Gasteiger partial charge >= 0.3 is 0 Å². The van der Waals surface area contributed by atoms with E-state index in [0.29, 0.717) is 60.9 Å². The Hall–Kier alpha value is -3.47. The van der Waals surface area contributed by atoms with Gasteiger partial charge in [-0.15, -0.1) is 11.3 Å². The number of rotatable bonds is 6. The predicted octanol–water partition coefficient (Wildman–Crippen LogP) is 5.34. The van der Waals surface area contributed by atoms with E-state index in [1.165, 1.54) is 4.88 Å². The summed E-state index contributed by atoms with van der Waals surface area (Å²) in [7, 11) is 0. The summed E-state index contributed by atoms with van der Waals surface area (Å²) in [5.41, 5.74) is 10.2. The van der Waals surface area contributed by atoms with Crippen LogP contribution in [-0.4, -0.2) is 83.9 Å². The van der Waals surface area contributed by atoms with Crippen molar-refractivity contribution in [2.75, 3.05) is 61.7 Å². The van der Waals surface area contributed by atoms with Gasteiger partial charge in [0.25, 0.3) is 0 Å². The fourth-order valence-corrected chi connectivity index (χ4v) is 11.0. The van der Waals surface area contributed by atoms with Crippen molar-refractivity contribution >= 4 is 27.8 Å². The zero-order valence-corrected chi connectivity index (χ0v) is 28.4. The molecule has 2 aliphatic carbocycles. The van der Waals surface area contributed by atoms with Crippen molar-refractivity contribution in [3.63, 3.8) is 0 Å². The molecule has 0 amide bonds. The SMILES string of the molecule is CCN1CN([C@@H]2CCCOC2)c2nc(-c3onc4c3CCC[C@@]43CCCc4sc(N)c(C#N)c43)nc(OCC34CCCN3C[C@H](F)C4)c21. The van der Waals surface area contributed by atoms with Gasteiger partial charge in [-0.2, -0.15) is 10.2 Å². The van der Waals surface area contributed by atoms with Crippen molar-refractivity contribution in [2.24, 2.45) is 0 Å². The van der Waals surface area contributed by atoms with Crippen LogP contribution in [0.1, 0.15) is 92.0 Å². The predicted molar refractivity (Wildman–Crippen MR) is 180 cm³/mol. The van der Waals surface area contributed by atoms with E-state index in [2.05, 4.69) is 27.7 Å². The number of alkyl halides is 1. The largest absolute Gasteiger partial charge is 0.474 e. The Morgan fingerprint density at radius 2 is 2.04 bits per heavy atom. The first kappa shape index (κ1) is 30.6. The summed E-state index contributed by atoms with van der Waals surface area (Å²) in [6.07, 6.45) is 9.14. The first-order valence-electron chi connectivity index (χ1n) is 17.8. The zero-order valence-electron chi connectivity index (χ0n) is 27.6. The molecular weight excluding hydrogens is 632 g/mol. The molecule has 3 aromatic rings. The van der Waals surface area contributed by atoms with E-state index in [9.17, 15) is 9.65 Å². The van der Waals surface area contributed by atoms with Crippen LogP contribution in [0.25, 0.3) is 11.6 Å². The summed E-state index contributed by atoms with van der Waals surface area (Å²) in [6.45, 7) is 6.79. The highest BCUT2D eigenvalue weighted by Gasteiger charge is 2.51. The molecule has 7 heterocycles. The van der Waals surface area contributed by atoms with Crippen LogP contribution in [-0.2, 0) is 23.0 Å². The van der Waals surface area contributed by atoms with Gasteiger partial charge in [-0.1, -0.05) is 5.16 Å². The number of hydrogen-bond acceptors (Lipinski definition) is 12. The van der Waals surface area contributed by atoms with Crippen molar-refractivity contribution in [2.45, 2.75) is 101 Å². The fourth-order valence-electron chi connectivity index (χ4n) is 9.82. The molecule has 0 aromatic carbocycles. The Bertz CT molecular complexity index is 1780. The van der Waals surface area contributed by atoms with E-state index in [0.717, 1.165) is 112 Å². The number of aryl methyl sites for hydroxylation is 1. The lowest BCUT2D eigenvalue weighted by Crippen LogP contribution is -2.43. The minimum absolute atomic E-state index is 0.191. The molecule has 3 saturated heterocycles. The number of fused-ring (bicyclic) bond motifs is 6. The number of thiophene rings is 1. The number of nitrogens with two attached hydrogens (primary N) is 1. The van der Waals surface area contributed by atoms with E-state index in [1.807, 2.05) is 0 Å². The van der Waals surface area contributed by atoms with Crippen LogP contribution in [0.3, 0.4) is 0 Å². The second kappa shape index (κ2) is 11.6. The lowest BCUT2D eigenvalue weighted by atomic mass is 9.62. The fraction of sp³-hybridized carbons (Fsp3) is 0.657. The summed E-state index contributed by atoms with van der Waals surface area (Å²) in [5.74, 6) is 2.39. The Kier molecular flexibility index (Phi) is 7.36. The highest BCUT2D eigenvalue weighted by molar-refractivity contribution is 7.16. The molecule has 4 aliphatic heterocycles. The zero-order chi connectivity index (χ0) is 32.6. The molecule has 254 valence electrons. The second-order valence-corrected chi connectivity index (χ2v) is 15.7. The topological polar surface area (TPSA) is 130 Å². The van der Waals surface area contributed by atoms with Crippen molar-refractivity contribution in [1.82, 2.24) is 20.0 Å². The first-order chi connectivity index (χ1) is 23.4. The van der Waals surface area contributed by atoms with E-state index < -0.39 is 11.6 Å². The van der Waals surface area contributed by atoms with Crippen LogP contribution < -0.4 is 20.3 Å². The third kappa shape index (κ3) is 4.51. The maximum absolute atomic E-state index is 14.7. The maximum Gasteiger partial charge on any atom is 0.243 e. The Morgan fingerprint density at radius 3 is 2.85 bits per heavy atom. The van der Waals surface area contributed by atoms with Crippen LogP contribution in [0.15, 0.2) is 4.52 Å². The standard InChI is InChI=1S/C35H43FN8O3S/c1-2-42-20-44(22-7-5-14-45-18-22)32-27(42)33(46-19-34-10-6-13-43(34)17-21(36)15-34)40-31(39-32)28-23-8-3-11-35(29(23)41-47-28)12-4-9-25-26(35)24(16-37)30(38)48-25/h21-22H,2-15,17-20,38H2,1H3/t21-,22-,34?,35+/m1/s1. The molecule has 1 spiro atoms. The summed E-state index contributed by atoms with van der Waals surface area (Å²) in [4.78, 5) is 18.5. The van der Waals surface area contributed by atoms with Crippen LogP contribution >= 0.6 is 11.3 Å². The molecule has 13 heteroatoms. The van der Waals surface area contributed by atoms with E-state index >= 15 is 0 Å². The van der Waals surface area contributed by atoms with Crippen LogP contribution in [0.4, 0.5) is 20.9 Å². The minimum atomic E-state index is -0.831. The van der Waals surface area contributed by atoms with Crippen LogP contribution in [0.5, 0.6) is 5.88 Å². The minimum Gasteiger partial charge on any atom is -0.474 e. The summed E-state index contributed by atoms with van der Waals surface area (Å²) < 4.78 is 33.7. The highest BCUT2D eigenvalue weighted by Crippen LogP contribution is 2.55. The molecule has 11 nitrogen and oxygen atoms in total. The van der Waals surface area contributed by atoms with Crippen molar-refractivity contribution in [3.8, 4) is 23.5 Å². The number of hydrogen-bond donors (Lipinski definition) is 1. The molecule has 4 atom stereocenters. The highest BCUT2D eigenvalue weighted by atomic mass is 32.1. The van der Waals surface area contributed by atoms with Gasteiger partial charge in [0.1, 0.15) is 29.5 Å². The van der Waals surface area contributed by atoms with Gasteiger partial charge in [-0.25, -0.2) is 9.37 Å². The van der Waals surface area contributed by atoms with Gasteiger partial charge in [0, 0.05) is 42.0 Å². The van der Waals surface area contributed by atoms with Gasteiger partial charge in [-0.3, -0.25) is 4.90 Å². The number of nitriles is 1. The number of nitrogens with zero attached hydrogens (tertiary/aromatic N) is 7. The molecule has 6 aliphatic rings. The lowest BCUT2D eigenvalue weighted by Gasteiger charge is -2.39. The second-order valence-electron chi connectivity index (χ2n) is 14.6. The van der Waals surface area contributed by atoms with Gasteiger partial charge < -0.3 is 29.5 Å². The van der Waals surface area contributed by atoms with Crippen molar-refractivity contribution in [3.05, 3.63) is 27.3 Å². The number of anilines is 3. The summed E-state index contributed by atoms with van der Waals surface area (Å²) in [5, 5.41) is 15.5. The van der Waals surface area contributed by atoms with E-state index in [1.54, 1.807) is 11.3 Å². The smallest absolute Gasteiger partial charge is 0.243 e. The Labute approximate surface area is 284 Å². The number of nitrogen functional groups attached to an aromatic ring is 1. The molecule has 48 heavy (non-hydrogen) atoms. The quantitative estimate of drug-likeness (QED) is 0.364. The molecule has 0 radical (unpaired) electrons. The monoisotopic (exact) mass is 674 g/mol. The normalized spacial score (nSPS) is 29.5. The van der Waals surface area contributed by atoms with Crippen LogP contribution in [0, 0.1) is 11.3 Å². The average molecular weight is 675 g/mol. The lowest BCUT2D eigenvalue weighted by molar-refractivity contribution is 0.0795. The van der Waals surface area contributed by atoms with Gasteiger partial charge in [-0.05, 0) is 83.2 Å². The summed E-state index contributed by atoms with van der Waals surface area (Å²) in [6, 6.07) is 2.61. The molecule has 2 N–H and O–H groups in total. The molecule has 1 unspecified atom stereocenters. The number of halogens is 1. The molecular formula is C35H43FN8O3S. The van der Waals surface area contributed by atoms with E-state index in [4.69, 9.17) is 34.9 Å². The number of ether oxygens (including phenoxy) is 2. The molecule has 3 fully saturated rings. The van der Waals surface area contributed by atoms with Crippen molar-refractivity contribution in [1.29, 1.82) is 5.26 Å². The first-order valence-corrected chi connectivity index (χ1v) is 18.6. The van der Waals surface area contributed by atoms with Crippen molar-refractivity contribution < 1.29 is 18.4 Å². The third-order valence-corrected chi connectivity index (χ3v) is 13.1. The maximum atomic E-state index is 14.7. The summed E-state index contributed by atoms with van der Waals surface area (Å²) >= 11 is 1.55. The average Bonchev–Trinajstić information content (AvgIpc) is 3.91. The molecule has 9 rings (SSSR count). The third-order valence-electron chi connectivity index (χ3n) is 12.0. The Morgan fingerprint density at radius 1 is 1.17 bits per heavy atom. The molecule has 0 bridgehead atoms. The van der Waals surface area contributed by atoms with Gasteiger partial charge in [0.2, 0.25) is 17.5 Å². The van der Waals surface area contributed by atoms with Gasteiger partial charge in [0.05, 0.1) is 36.1 Å².